The molecule has 2 aliphatic heterocycles. The number of nitrogens with zero attached hydrogens (tertiary/aromatic N) is 4. The van der Waals surface area contributed by atoms with Gasteiger partial charge < -0.3 is 19.9 Å². The quantitative estimate of drug-likeness (QED) is 0.780. The number of aliphatic hydroxyl groups is 1. The minimum atomic E-state index is -0.453. The second kappa shape index (κ2) is 8.83. The molecular weight excluding hydrogens is 370 g/mol. The average Bonchev–Trinajstić information content (AvgIpc) is 3.34. The van der Waals surface area contributed by atoms with E-state index >= 15 is 0 Å². The van der Waals surface area contributed by atoms with Crippen LogP contribution in [0.2, 0.25) is 0 Å². The number of piperidine rings is 1. The predicted octanol–water partition coefficient (Wildman–Crippen LogP) is 0.909. The molecule has 1 saturated carbocycles. The summed E-state index contributed by atoms with van der Waals surface area (Å²) in [5.74, 6) is 0.0818. The molecule has 29 heavy (non-hydrogen) atoms. The highest BCUT2D eigenvalue weighted by atomic mass is 16.3. The van der Waals surface area contributed by atoms with Crippen LogP contribution in [0.1, 0.15) is 61.9 Å². The largest absolute Gasteiger partial charge is 0.392 e. The van der Waals surface area contributed by atoms with Crippen LogP contribution in [-0.4, -0.2) is 80.1 Å². The number of aliphatic hydroxyl groups excluding tert-OH is 1. The number of nitrogens with one attached hydrogen (secondary N) is 1. The maximum Gasteiger partial charge on any atom is 0.272 e. The molecule has 1 aliphatic carbocycles. The molecule has 160 valence electrons. The normalized spacial score (nSPS) is 27.3. The summed E-state index contributed by atoms with van der Waals surface area (Å²) >= 11 is 0. The number of amides is 2. The second-order valence-corrected chi connectivity index (χ2v) is 8.86. The molecule has 3 heterocycles. The van der Waals surface area contributed by atoms with E-state index in [1.54, 1.807) is 17.1 Å². The maximum absolute atomic E-state index is 12.9. The van der Waals surface area contributed by atoms with Crippen molar-refractivity contribution in [1.29, 1.82) is 0 Å². The van der Waals surface area contributed by atoms with Gasteiger partial charge in [-0.3, -0.25) is 14.5 Å². The van der Waals surface area contributed by atoms with Crippen LogP contribution >= 0.6 is 0 Å². The van der Waals surface area contributed by atoms with Crippen molar-refractivity contribution in [2.75, 3.05) is 19.6 Å². The average molecular weight is 404 g/mol. The van der Waals surface area contributed by atoms with Gasteiger partial charge in [-0.15, -0.1) is 0 Å². The first kappa shape index (κ1) is 20.3. The van der Waals surface area contributed by atoms with E-state index in [9.17, 15) is 14.7 Å². The Labute approximate surface area is 172 Å². The zero-order valence-corrected chi connectivity index (χ0v) is 17.3. The van der Waals surface area contributed by atoms with Crippen molar-refractivity contribution in [3.63, 3.8) is 0 Å². The van der Waals surface area contributed by atoms with E-state index in [1.807, 2.05) is 11.9 Å². The molecule has 0 aromatic carbocycles. The Kier molecular flexibility index (Phi) is 6.20. The van der Waals surface area contributed by atoms with Gasteiger partial charge in [-0.25, -0.2) is 4.98 Å². The molecule has 0 radical (unpaired) electrons. The number of hydrogen-bond donors (Lipinski definition) is 2. The van der Waals surface area contributed by atoms with Crippen LogP contribution in [0, 0.1) is 0 Å². The minimum Gasteiger partial charge on any atom is -0.392 e. The van der Waals surface area contributed by atoms with E-state index in [1.165, 1.54) is 19.3 Å². The number of carbonyl (C=O) groups is 2. The van der Waals surface area contributed by atoms with Gasteiger partial charge in [0.1, 0.15) is 5.69 Å². The summed E-state index contributed by atoms with van der Waals surface area (Å²) in [5, 5.41) is 13.5. The third-order valence-corrected chi connectivity index (χ3v) is 6.83. The third-order valence-electron chi connectivity index (χ3n) is 6.83. The number of likely N-dealkylation sites (tertiary alicyclic amines) is 2. The van der Waals surface area contributed by atoms with E-state index in [4.69, 9.17) is 0 Å². The molecule has 1 aromatic rings. The fourth-order valence-electron chi connectivity index (χ4n) is 5.17. The van der Waals surface area contributed by atoms with Gasteiger partial charge in [-0.2, -0.15) is 0 Å². The van der Waals surface area contributed by atoms with Crippen molar-refractivity contribution in [3.8, 4) is 0 Å². The van der Waals surface area contributed by atoms with E-state index in [0.717, 1.165) is 25.7 Å². The fraction of sp³-hybridized carbons (Fsp3) is 0.762. The van der Waals surface area contributed by atoms with Gasteiger partial charge in [0.25, 0.3) is 5.91 Å². The zero-order valence-electron chi connectivity index (χ0n) is 17.3. The molecule has 0 spiro atoms. The topological polar surface area (TPSA) is 90.7 Å². The lowest BCUT2D eigenvalue weighted by Crippen LogP contribution is -2.53. The van der Waals surface area contributed by atoms with Crippen molar-refractivity contribution >= 4 is 11.8 Å². The van der Waals surface area contributed by atoms with E-state index in [-0.39, 0.29) is 29.9 Å². The lowest BCUT2D eigenvalue weighted by atomic mass is 9.95. The zero-order chi connectivity index (χ0) is 20.4. The third kappa shape index (κ3) is 4.48. The highest BCUT2D eigenvalue weighted by Gasteiger charge is 2.41. The van der Waals surface area contributed by atoms with Gasteiger partial charge in [0.05, 0.1) is 24.7 Å². The summed E-state index contributed by atoms with van der Waals surface area (Å²) in [7, 11) is 1.83. The predicted molar refractivity (Wildman–Crippen MR) is 108 cm³/mol. The smallest absolute Gasteiger partial charge is 0.272 e. The molecule has 4 rings (SSSR count). The molecule has 2 atom stereocenters. The molecule has 1 aromatic heterocycles. The van der Waals surface area contributed by atoms with Crippen LogP contribution < -0.4 is 5.32 Å². The lowest BCUT2D eigenvalue weighted by molar-refractivity contribution is -0.127. The molecule has 0 unspecified atom stereocenters. The van der Waals surface area contributed by atoms with Crippen molar-refractivity contribution in [2.45, 2.75) is 75.6 Å². The van der Waals surface area contributed by atoms with Gasteiger partial charge in [0.2, 0.25) is 5.91 Å². The van der Waals surface area contributed by atoms with E-state index < -0.39 is 6.10 Å². The highest BCUT2D eigenvalue weighted by Crippen LogP contribution is 2.28. The molecule has 2 amide bonds. The summed E-state index contributed by atoms with van der Waals surface area (Å²) in [6, 6.07) is 0.260. The first-order valence-electron chi connectivity index (χ1n) is 11.0. The number of carbonyl (C=O) groups excluding carboxylic acids is 2. The summed E-state index contributed by atoms with van der Waals surface area (Å²) < 4.78 is 1.75. The van der Waals surface area contributed by atoms with Crippen LogP contribution in [0.3, 0.4) is 0 Å². The SMILES string of the molecule is Cn1cncc1C(=O)N1CCC(N2C[C@H](O)C[C@H]2C(=O)NC2CCCCC2)CC1. The number of β-amino-alcohol motifs (C(OH)–C–C–N with tert-alkyl or cyclic N) is 1. The Balaban J connectivity index is 1.34. The molecule has 8 heteroatoms. The van der Waals surface area contributed by atoms with Gasteiger partial charge in [-0.1, -0.05) is 19.3 Å². The number of rotatable bonds is 4. The molecule has 2 N–H and O–H groups in total. The molecule has 2 saturated heterocycles. The van der Waals surface area contributed by atoms with E-state index in [0.29, 0.717) is 31.7 Å². The van der Waals surface area contributed by atoms with Crippen molar-refractivity contribution in [3.05, 3.63) is 18.2 Å². The summed E-state index contributed by atoms with van der Waals surface area (Å²) in [6.07, 6.45) is 10.7. The Morgan fingerprint density at radius 1 is 1.14 bits per heavy atom. The monoisotopic (exact) mass is 403 g/mol. The van der Waals surface area contributed by atoms with Crippen LogP contribution in [0.25, 0.3) is 0 Å². The Hall–Kier alpha value is -1.93. The van der Waals surface area contributed by atoms with E-state index in [2.05, 4.69) is 15.2 Å². The van der Waals surface area contributed by atoms with Gasteiger partial charge in [-0.05, 0) is 32.1 Å². The van der Waals surface area contributed by atoms with Crippen molar-refractivity contribution in [2.24, 2.45) is 7.05 Å². The van der Waals surface area contributed by atoms with Gasteiger partial charge in [0, 0.05) is 38.8 Å². The number of aromatic nitrogens is 2. The van der Waals surface area contributed by atoms with Gasteiger partial charge in [0.15, 0.2) is 0 Å². The number of hydrogen-bond acceptors (Lipinski definition) is 5. The van der Waals surface area contributed by atoms with Crippen molar-refractivity contribution < 1.29 is 14.7 Å². The number of aryl methyl sites for hydroxylation is 1. The summed E-state index contributed by atoms with van der Waals surface area (Å²) in [6.45, 7) is 1.87. The number of imidazole rings is 1. The molecule has 0 bridgehead atoms. The van der Waals surface area contributed by atoms with Crippen LogP contribution in [0.15, 0.2) is 12.5 Å². The Bertz CT molecular complexity index is 722. The first-order chi connectivity index (χ1) is 14.0. The summed E-state index contributed by atoms with van der Waals surface area (Å²) in [5.41, 5.74) is 0.602. The minimum absolute atomic E-state index is 0.0106. The van der Waals surface area contributed by atoms with Crippen molar-refractivity contribution in [1.82, 2.24) is 24.7 Å². The standard InChI is InChI=1S/C21H33N5O3/c1-24-14-22-12-19(24)21(29)25-9-7-16(8-10-25)26-13-17(27)11-18(26)20(28)23-15-5-3-2-4-6-15/h12,14-18,27H,2-11,13H2,1H3,(H,23,28)/t17-,18+/m1/s1. The molecule has 3 aliphatic rings. The van der Waals surface area contributed by atoms with Crippen LogP contribution in [0.5, 0.6) is 0 Å². The Morgan fingerprint density at radius 3 is 2.52 bits per heavy atom. The lowest BCUT2D eigenvalue weighted by Gasteiger charge is -2.39. The first-order valence-corrected chi connectivity index (χ1v) is 11.0. The van der Waals surface area contributed by atoms with Crippen LogP contribution in [-0.2, 0) is 11.8 Å². The highest BCUT2D eigenvalue weighted by molar-refractivity contribution is 5.92. The second-order valence-electron chi connectivity index (χ2n) is 8.86. The fourth-order valence-corrected chi connectivity index (χ4v) is 5.17. The van der Waals surface area contributed by atoms with Gasteiger partial charge >= 0.3 is 0 Å². The Morgan fingerprint density at radius 2 is 1.86 bits per heavy atom. The summed E-state index contributed by atoms with van der Waals surface area (Å²) in [4.78, 5) is 33.7. The molecular formula is C21H33N5O3. The van der Waals surface area contributed by atoms with Crippen LogP contribution in [0.4, 0.5) is 0 Å². The molecule has 8 nitrogen and oxygen atoms in total. The molecule has 3 fully saturated rings. The maximum atomic E-state index is 12.9.